The molecule has 4 heteroatoms. The number of piperidine rings is 1. The van der Waals surface area contributed by atoms with Crippen LogP contribution in [0.4, 0.5) is 0 Å². The standard InChI is InChI=1S/C22H35N3O/c1-17-5-6-18(2)21(15-17)16-22(26)25-9-7-20(8-10-25)19(3)24-13-11-23(4)12-14-24/h5-6,15,19-20H,7-14,16H2,1-4H3/t19-/m1/s1. The van der Waals surface area contributed by atoms with Crippen LogP contribution in [0.25, 0.3) is 0 Å². The molecule has 2 fully saturated rings. The van der Waals surface area contributed by atoms with Gasteiger partial charge in [-0.15, -0.1) is 0 Å². The van der Waals surface area contributed by atoms with Gasteiger partial charge in [-0.2, -0.15) is 0 Å². The molecular weight excluding hydrogens is 322 g/mol. The summed E-state index contributed by atoms with van der Waals surface area (Å²) in [6.45, 7) is 13.2. The van der Waals surface area contributed by atoms with Crippen molar-refractivity contribution in [3.8, 4) is 0 Å². The normalized spacial score (nSPS) is 21.8. The fourth-order valence-electron chi connectivity index (χ4n) is 4.42. The van der Waals surface area contributed by atoms with Crippen LogP contribution in [-0.4, -0.2) is 73.0 Å². The number of benzene rings is 1. The Kier molecular flexibility index (Phi) is 6.36. The molecule has 3 rings (SSSR count). The number of likely N-dealkylation sites (N-methyl/N-ethyl adjacent to an activating group) is 1. The fraction of sp³-hybridized carbons (Fsp3) is 0.682. The summed E-state index contributed by atoms with van der Waals surface area (Å²) >= 11 is 0. The van der Waals surface area contributed by atoms with Crippen molar-refractivity contribution in [1.29, 1.82) is 0 Å². The third-order valence-corrected chi connectivity index (χ3v) is 6.53. The number of likely N-dealkylation sites (tertiary alicyclic amines) is 1. The summed E-state index contributed by atoms with van der Waals surface area (Å²) in [7, 11) is 2.21. The number of hydrogen-bond acceptors (Lipinski definition) is 3. The predicted octanol–water partition coefficient (Wildman–Crippen LogP) is 2.72. The number of carbonyl (C=O) groups is 1. The van der Waals surface area contributed by atoms with Gasteiger partial charge in [0.25, 0.3) is 0 Å². The fourth-order valence-corrected chi connectivity index (χ4v) is 4.42. The zero-order valence-electron chi connectivity index (χ0n) is 17.0. The Balaban J connectivity index is 1.50. The number of hydrogen-bond donors (Lipinski definition) is 0. The van der Waals surface area contributed by atoms with Crippen LogP contribution >= 0.6 is 0 Å². The molecular formula is C22H35N3O. The number of rotatable bonds is 4. The van der Waals surface area contributed by atoms with Gasteiger partial charge >= 0.3 is 0 Å². The molecule has 2 saturated heterocycles. The van der Waals surface area contributed by atoms with Crippen molar-refractivity contribution in [2.75, 3.05) is 46.3 Å². The zero-order valence-corrected chi connectivity index (χ0v) is 17.0. The van der Waals surface area contributed by atoms with Crippen LogP contribution in [0.15, 0.2) is 18.2 Å². The topological polar surface area (TPSA) is 26.8 Å². The van der Waals surface area contributed by atoms with Gasteiger partial charge in [0.15, 0.2) is 0 Å². The second-order valence-electron chi connectivity index (χ2n) is 8.40. The molecule has 0 radical (unpaired) electrons. The number of nitrogens with zero attached hydrogens (tertiary/aromatic N) is 3. The highest BCUT2D eigenvalue weighted by molar-refractivity contribution is 5.79. The third kappa shape index (κ3) is 4.66. The van der Waals surface area contributed by atoms with Crippen LogP contribution in [-0.2, 0) is 11.2 Å². The number of piperazine rings is 1. The van der Waals surface area contributed by atoms with Gasteiger partial charge in [-0.1, -0.05) is 23.8 Å². The van der Waals surface area contributed by atoms with E-state index >= 15 is 0 Å². The van der Waals surface area contributed by atoms with Crippen molar-refractivity contribution >= 4 is 5.91 Å². The van der Waals surface area contributed by atoms with Crippen molar-refractivity contribution in [3.05, 3.63) is 34.9 Å². The van der Waals surface area contributed by atoms with E-state index in [2.05, 4.69) is 60.7 Å². The van der Waals surface area contributed by atoms with Crippen molar-refractivity contribution in [3.63, 3.8) is 0 Å². The molecule has 1 atom stereocenters. The van der Waals surface area contributed by atoms with Crippen LogP contribution in [0.3, 0.4) is 0 Å². The Morgan fingerprint density at radius 2 is 1.73 bits per heavy atom. The van der Waals surface area contributed by atoms with Crippen molar-refractivity contribution < 1.29 is 4.79 Å². The van der Waals surface area contributed by atoms with Gasteiger partial charge < -0.3 is 9.80 Å². The third-order valence-electron chi connectivity index (χ3n) is 6.53. The second-order valence-corrected chi connectivity index (χ2v) is 8.40. The van der Waals surface area contributed by atoms with E-state index in [9.17, 15) is 4.79 Å². The van der Waals surface area contributed by atoms with E-state index < -0.39 is 0 Å². The van der Waals surface area contributed by atoms with Crippen LogP contribution in [0.1, 0.15) is 36.5 Å². The lowest BCUT2D eigenvalue weighted by molar-refractivity contribution is -0.132. The minimum Gasteiger partial charge on any atom is -0.342 e. The quantitative estimate of drug-likeness (QED) is 0.829. The van der Waals surface area contributed by atoms with E-state index in [1.165, 1.54) is 42.9 Å². The van der Waals surface area contributed by atoms with Gasteiger partial charge in [0.05, 0.1) is 6.42 Å². The van der Waals surface area contributed by atoms with Gasteiger partial charge in [-0.05, 0) is 57.7 Å². The Labute approximate surface area is 159 Å². The molecule has 0 N–H and O–H groups in total. The predicted molar refractivity (Wildman–Crippen MR) is 107 cm³/mol. The average molecular weight is 358 g/mol. The Morgan fingerprint density at radius 3 is 2.38 bits per heavy atom. The lowest BCUT2D eigenvalue weighted by Gasteiger charge is -2.42. The first kappa shape index (κ1) is 19.4. The summed E-state index contributed by atoms with van der Waals surface area (Å²) in [5.41, 5.74) is 3.64. The first-order valence-corrected chi connectivity index (χ1v) is 10.2. The summed E-state index contributed by atoms with van der Waals surface area (Å²) < 4.78 is 0. The lowest BCUT2D eigenvalue weighted by Crippen LogP contribution is -2.52. The van der Waals surface area contributed by atoms with Crippen LogP contribution < -0.4 is 0 Å². The van der Waals surface area contributed by atoms with Crippen LogP contribution in [0, 0.1) is 19.8 Å². The van der Waals surface area contributed by atoms with Gasteiger partial charge in [-0.25, -0.2) is 0 Å². The molecule has 0 bridgehead atoms. The molecule has 1 amide bonds. The van der Waals surface area contributed by atoms with Crippen molar-refractivity contribution in [1.82, 2.24) is 14.7 Å². The van der Waals surface area contributed by atoms with Gasteiger partial charge in [-0.3, -0.25) is 9.69 Å². The molecule has 1 aromatic carbocycles. The smallest absolute Gasteiger partial charge is 0.226 e. The monoisotopic (exact) mass is 357 g/mol. The van der Waals surface area contributed by atoms with E-state index in [0.717, 1.165) is 31.8 Å². The summed E-state index contributed by atoms with van der Waals surface area (Å²) in [6, 6.07) is 7.05. The maximum atomic E-state index is 12.8. The number of aryl methyl sites for hydroxylation is 2. The molecule has 2 aliphatic rings. The lowest BCUT2D eigenvalue weighted by atomic mass is 9.88. The molecule has 1 aromatic rings. The molecule has 0 spiro atoms. The molecule has 2 aliphatic heterocycles. The van der Waals surface area contributed by atoms with E-state index in [0.29, 0.717) is 18.4 Å². The van der Waals surface area contributed by atoms with Gasteiger partial charge in [0.1, 0.15) is 0 Å². The van der Waals surface area contributed by atoms with E-state index in [1.807, 2.05) is 0 Å². The zero-order chi connectivity index (χ0) is 18.7. The van der Waals surface area contributed by atoms with Crippen molar-refractivity contribution in [2.45, 2.75) is 46.1 Å². The van der Waals surface area contributed by atoms with E-state index in [1.54, 1.807) is 0 Å². The molecule has 26 heavy (non-hydrogen) atoms. The number of amides is 1. The first-order valence-electron chi connectivity index (χ1n) is 10.2. The second kappa shape index (κ2) is 8.53. The summed E-state index contributed by atoms with van der Waals surface area (Å²) in [6.07, 6.45) is 2.84. The van der Waals surface area contributed by atoms with Crippen LogP contribution in [0.2, 0.25) is 0 Å². The van der Waals surface area contributed by atoms with Gasteiger partial charge in [0.2, 0.25) is 5.91 Å². The Bertz CT molecular complexity index is 614. The van der Waals surface area contributed by atoms with Gasteiger partial charge in [0, 0.05) is 45.3 Å². The first-order chi connectivity index (χ1) is 12.4. The highest BCUT2D eigenvalue weighted by Gasteiger charge is 2.30. The molecule has 0 saturated carbocycles. The van der Waals surface area contributed by atoms with Crippen LogP contribution in [0.5, 0.6) is 0 Å². The summed E-state index contributed by atoms with van der Waals surface area (Å²) in [5, 5.41) is 0. The molecule has 0 unspecified atom stereocenters. The Hall–Kier alpha value is -1.39. The average Bonchev–Trinajstić information content (AvgIpc) is 2.65. The maximum Gasteiger partial charge on any atom is 0.226 e. The minimum atomic E-state index is 0.296. The highest BCUT2D eigenvalue weighted by atomic mass is 16.2. The largest absolute Gasteiger partial charge is 0.342 e. The SMILES string of the molecule is Cc1ccc(C)c(CC(=O)N2CCC([C@@H](C)N3CCN(C)CC3)CC2)c1. The highest BCUT2D eigenvalue weighted by Crippen LogP contribution is 2.25. The molecule has 0 aliphatic carbocycles. The molecule has 0 aromatic heterocycles. The maximum absolute atomic E-state index is 12.8. The Morgan fingerprint density at radius 1 is 1.08 bits per heavy atom. The molecule has 4 nitrogen and oxygen atoms in total. The van der Waals surface area contributed by atoms with E-state index in [-0.39, 0.29) is 0 Å². The minimum absolute atomic E-state index is 0.296. The molecule has 2 heterocycles. The summed E-state index contributed by atoms with van der Waals surface area (Å²) in [5.74, 6) is 1.02. The van der Waals surface area contributed by atoms with E-state index in [4.69, 9.17) is 0 Å². The summed E-state index contributed by atoms with van der Waals surface area (Å²) in [4.78, 5) is 19.9. The number of carbonyl (C=O) groups excluding carboxylic acids is 1. The molecule has 144 valence electrons. The van der Waals surface area contributed by atoms with Crippen molar-refractivity contribution in [2.24, 2.45) is 5.92 Å².